The fraction of sp³-hybridized carbons (Fsp3) is 0.800. The Bertz CT molecular complexity index is 427. The molecule has 0 heterocycles. The van der Waals surface area contributed by atoms with Crippen molar-refractivity contribution in [3.63, 3.8) is 0 Å². The van der Waals surface area contributed by atoms with E-state index in [4.69, 9.17) is 4.74 Å². The number of alkyl halides is 1. The second-order valence-electron chi connectivity index (χ2n) is 7.24. The van der Waals surface area contributed by atoms with Crippen LogP contribution < -0.4 is 0 Å². The number of carbonyl (C=O) groups excluding carboxylic acids is 1. The number of ether oxygens (including phenoxy) is 1. The standard InChI is InChI=1S/C15H21IO3/c1-10(2)12(17)19-9-13-3-11-4-14(16,6-13)8-15(18,5-11)7-13/h11,18H,1,3-9H2,2H3. The van der Waals surface area contributed by atoms with Crippen LogP contribution in [-0.4, -0.2) is 26.7 Å². The Labute approximate surface area is 127 Å². The predicted molar refractivity (Wildman–Crippen MR) is 81.1 cm³/mol. The quantitative estimate of drug-likeness (QED) is 0.357. The molecule has 4 atom stereocenters. The van der Waals surface area contributed by atoms with Gasteiger partial charge in [-0.2, -0.15) is 0 Å². The molecule has 0 radical (unpaired) electrons. The van der Waals surface area contributed by atoms with E-state index in [2.05, 4.69) is 29.2 Å². The molecule has 0 aromatic rings. The van der Waals surface area contributed by atoms with Gasteiger partial charge in [0.1, 0.15) is 0 Å². The highest BCUT2D eigenvalue weighted by Crippen LogP contribution is 2.65. The molecule has 4 fully saturated rings. The summed E-state index contributed by atoms with van der Waals surface area (Å²) in [6.07, 6.45) is 6.03. The van der Waals surface area contributed by atoms with Crippen LogP contribution in [0.2, 0.25) is 0 Å². The van der Waals surface area contributed by atoms with Crippen LogP contribution in [0.15, 0.2) is 12.2 Å². The van der Waals surface area contributed by atoms with Gasteiger partial charge in [0.25, 0.3) is 0 Å². The minimum atomic E-state index is -0.518. The molecule has 0 aromatic carbocycles. The first-order chi connectivity index (χ1) is 8.73. The van der Waals surface area contributed by atoms with Gasteiger partial charge in [-0.15, -0.1) is 0 Å². The highest BCUT2D eigenvalue weighted by Gasteiger charge is 2.62. The highest BCUT2D eigenvalue weighted by atomic mass is 127. The molecule has 0 aromatic heterocycles. The van der Waals surface area contributed by atoms with Crippen molar-refractivity contribution in [2.24, 2.45) is 11.3 Å². The van der Waals surface area contributed by atoms with Gasteiger partial charge in [0.2, 0.25) is 0 Å². The van der Waals surface area contributed by atoms with E-state index in [1.54, 1.807) is 6.92 Å². The van der Waals surface area contributed by atoms with E-state index in [0.29, 0.717) is 18.1 Å². The Kier molecular flexibility index (Phi) is 3.06. The SMILES string of the molecule is C=C(C)C(=O)OCC12CC3CC(O)(CC(I)(C3)C1)C2. The molecule has 4 bridgehead atoms. The summed E-state index contributed by atoms with van der Waals surface area (Å²) in [6, 6.07) is 0. The van der Waals surface area contributed by atoms with Crippen molar-refractivity contribution in [1.82, 2.24) is 0 Å². The Balaban J connectivity index is 1.77. The third-order valence-corrected chi connectivity index (χ3v) is 6.15. The van der Waals surface area contributed by atoms with Crippen molar-refractivity contribution in [3.8, 4) is 0 Å². The summed E-state index contributed by atoms with van der Waals surface area (Å²) in [4.78, 5) is 11.6. The van der Waals surface area contributed by atoms with Crippen LogP contribution in [0.5, 0.6) is 0 Å². The lowest BCUT2D eigenvalue weighted by Gasteiger charge is -2.63. The summed E-state index contributed by atoms with van der Waals surface area (Å²) in [7, 11) is 0. The minimum Gasteiger partial charge on any atom is -0.462 e. The monoisotopic (exact) mass is 376 g/mol. The molecule has 4 saturated carbocycles. The minimum absolute atomic E-state index is 0.000463. The second-order valence-corrected chi connectivity index (χ2v) is 9.53. The van der Waals surface area contributed by atoms with Crippen LogP contribution in [0.4, 0.5) is 0 Å². The molecule has 4 aliphatic carbocycles. The number of hydrogen-bond donors (Lipinski definition) is 1. The topological polar surface area (TPSA) is 46.5 Å². The normalized spacial score (nSPS) is 47.2. The summed E-state index contributed by atoms with van der Waals surface area (Å²) in [5.41, 5.74) is -0.0657. The van der Waals surface area contributed by atoms with E-state index in [1.807, 2.05) is 0 Å². The molecule has 0 saturated heterocycles. The van der Waals surface area contributed by atoms with E-state index < -0.39 is 5.60 Å². The smallest absolute Gasteiger partial charge is 0.333 e. The van der Waals surface area contributed by atoms with Crippen LogP contribution >= 0.6 is 22.6 Å². The zero-order valence-corrected chi connectivity index (χ0v) is 13.5. The number of hydrogen-bond acceptors (Lipinski definition) is 3. The molecule has 3 nitrogen and oxygen atoms in total. The first-order valence-electron chi connectivity index (χ1n) is 6.97. The Morgan fingerprint density at radius 1 is 1.37 bits per heavy atom. The molecule has 0 aliphatic heterocycles. The van der Waals surface area contributed by atoms with Gasteiger partial charge < -0.3 is 9.84 Å². The van der Waals surface area contributed by atoms with Gasteiger partial charge in [0, 0.05) is 14.4 Å². The van der Waals surface area contributed by atoms with Crippen molar-refractivity contribution in [2.45, 2.75) is 54.5 Å². The molecule has 19 heavy (non-hydrogen) atoms. The largest absolute Gasteiger partial charge is 0.462 e. The van der Waals surface area contributed by atoms with Crippen molar-refractivity contribution in [1.29, 1.82) is 0 Å². The number of esters is 1. The zero-order valence-electron chi connectivity index (χ0n) is 11.4. The Hall–Kier alpha value is -0.100. The van der Waals surface area contributed by atoms with Crippen LogP contribution in [-0.2, 0) is 9.53 Å². The molecule has 1 N–H and O–H groups in total. The van der Waals surface area contributed by atoms with Gasteiger partial charge in [-0.3, -0.25) is 0 Å². The summed E-state index contributed by atoms with van der Waals surface area (Å²) >= 11 is 2.54. The fourth-order valence-corrected chi connectivity index (χ4v) is 7.11. The van der Waals surface area contributed by atoms with E-state index >= 15 is 0 Å². The van der Waals surface area contributed by atoms with Crippen molar-refractivity contribution in [2.75, 3.05) is 6.61 Å². The van der Waals surface area contributed by atoms with Crippen molar-refractivity contribution >= 4 is 28.6 Å². The highest BCUT2D eigenvalue weighted by molar-refractivity contribution is 14.1. The third-order valence-electron chi connectivity index (χ3n) is 4.94. The molecule has 4 heteroatoms. The summed E-state index contributed by atoms with van der Waals surface area (Å²) < 4.78 is 5.64. The second kappa shape index (κ2) is 4.20. The molecule has 0 amide bonds. The van der Waals surface area contributed by atoms with Crippen LogP contribution in [0, 0.1) is 11.3 Å². The number of rotatable bonds is 3. The van der Waals surface area contributed by atoms with E-state index in [1.165, 1.54) is 6.42 Å². The van der Waals surface area contributed by atoms with E-state index in [9.17, 15) is 9.90 Å². The maximum absolute atomic E-state index is 11.6. The number of aliphatic hydroxyl groups is 1. The maximum Gasteiger partial charge on any atom is 0.333 e. The molecule has 4 aliphatic rings. The molecule has 4 unspecified atom stereocenters. The fourth-order valence-electron chi connectivity index (χ4n) is 4.97. The van der Waals surface area contributed by atoms with Crippen molar-refractivity contribution < 1.29 is 14.6 Å². The third kappa shape index (κ3) is 2.46. The van der Waals surface area contributed by atoms with Crippen LogP contribution in [0.3, 0.4) is 0 Å². The lowest BCUT2D eigenvalue weighted by atomic mass is 9.48. The molecule has 4 rings (SSSR count). The van der Waals surface area contributed by atoms with Gasteiger partial charge in [-0.25, -0.2) is 4.79 Å². The zero-order chi connectivity index (χ0) is 13.9. The van der Waals surface area contributed by atoms with E-state index in [-0.39, 0.29) is 14.8 Å². The summed E-state index contributed by atoms with van der Waals surface area (Å²) in [6.45, 7) is 5.74. The Morgan fingerprint density at radius 3 is 2.68 bits per heavy atom. The summed E-state index contributed by atoms with van der Waals surface area (Å²) in [5, 5.41) is 10.7. The predicted octanol–water partition coefficient (Wildman–Crippen LogP) is 2.99. The first kappa shape index (κ1) is 13.9. The first-order valence-corrected chi connectivity index (χ1v) is 8.05. The average molecular weight is 376 g/mol. The average Bonchev–Trinajstić information content (AvgIpc) is 2.20. The molecular formula is C15H21IO3. The van der Waals surface area contributed by atoms with Gasteiger partial charge in [-0.1, -0.05) is 29.2 Å². The molecular weight excluding hydrogens is 355 g/mol. The summed E-state index contributed by atoms with van der Waals surface area (Å²) in [5.74, 6) is 0.298. The van der Waals surface area contributed by atoms with Gasteiger partial charge >= 0.3 is 5.97 Å². The lowest BCUT2D eigenvalue weighted by molar-refractivity contribution is -0.175. The van der Waals surface area contributed by atoms with E-state index in [0.717, 1.165) is 32.1 Å². The lowest BCUT2D eigenvalue weighted by Crippen LogP contribution is -2.62. The number of carbonyl (C=O) groups is 1. The van der Waals surface area contributed by atoms with Gasteiger partial charge in [0.15, 0.2) is 0 Å². The molecule has 106 valence electrons. The van der Waals surface area contributed by atoms with Gasteiger partial charge in [-0.05, 0) is 51.4 Å². The molecule has 0 spiro atoms. The Morgan fingerprint density at radius 2 is 2.11 bits per heavy atom. The van der Waals surface area contributed by atoms with Crippen LogP contribution in [0.1, 0.15) is 45.4 Å². The number of halogens is 1. The van der Waals surface area contributed by atoms with Crippen molar-refractivity contribution in [3.05, 3.63) is 12.2 Å². The maximum atomic E-state index is 11.6. The van der Waals surface area contributed by atoms with Gasteiger partial charge in [0.05, 0.1) is 12.2 Å². The van der Waals surface area contributed by atoms with Crippen LogP contribution in [0.25, 0.3) is 0 Å².